The number of hydrogen-bond donors (Lipinski definition) is 0. The van der Waals surface area contributed by atoms with Crippen molar-refractivity contribution in [2.75, 3.05) is 29.5 Å². The predicted molar refractivity (Wildman–Crippen MR) is 108 cm³/mol. The molecule has 1 heterocycles. The lowest BCUT2D eigenvalue weighted by atomic mass is 10.1. The summed E-state index contributed by atoms with van der Waals surface area (Å²) in [5.41, 5.74) is 2.49. The topological polar surface area (TPSA) is 49.9 Å². The van der Waals surface area contributed by atoms with Gasteiger partial charge in [-0.1, -0.05) is 30.7 Å². The fourth-order valence-electron chi connectivity index (χ4n) is 3.24. The minimum absolute atomic E-state index is 0.0223. The Kier molecular flexibility index (Phi) is 6.01. The summed E-state index contributed by atoms with van der Waals surface area (Å²) in [6.07, 6.45) is 1.47. The summed E-state index contributed by atoms with van der Waals surface area (Å²) in [6.45, 7) is 5.18. The quantitative estimate of drug-likeness (QED) is 0.555. The zero-order chi connectivity index (χ0) is 19.4. The van der Waals surface area contributed by atoms with Crippen LogP contribution in [0.2, 0.25) is 5.02 Å². The molecule has 2 aromatic carbocycles. The molecule has 27 heavy (non-hydrogen) atoms. The van der Waals surface area contributed by atoms with E-state index >= 15 is 0 Å². The molecule has 5 nitrogen and oxygen atoms in total. The molecule has 0 spiro atoms. The molecule has 3 rings (SSSR count). The number of hydrogen-bond acceptors (Lipinski definition) is 3. The van der Waals surface area contributed by atoms with Crippen molar-refractivity contribution in [1.29, 1.82) is 0 Å². The number of ether oxygens (including phenoxy) is 1. The number of para-hydroxylation sites is 2. The standard InChI is InChI=1S/C21H23ClN2O3/c1-15-12-17(8-9-18(15)22)27-11-5-10-24-20-7-4-3-6-19(20)23(14-25)13-16(2)21(24)26/h3-4,6-9,12,14,16H,5,10-11,13H2,1-2H3. The van der Waals surface area contributed by atoms with Crippen LogP contribution in [0.5, 0.6) is 5.75 Å². The van der Waals surface area contributed by atoms with E-state index in [2.05, 4.69) is 0 Å². The zero-order valence-corrected chi connectivity index (χ0v) is 16.3. The Morgan fingerprint density at radius 3 is 2.67 bits per heavy atom. The number of halogens is 1. The SMILES string of the molecule is Cc1cc(OCCCN2C(=O)C(C)CN(C=O)c3ccccc32)ccc1Cl. The van der Waals surface area contributed by atoms with Crippen LogP contribution in [-0.2, 0) is 9.59 Å². The van der Waals surface area contributed by atoms with Crippen LogP contribution >= 0.6 is 11.6 Å². The van der Waals surface area contributed by atoms with E-state index in [1.807, 2.05) is 56.3 Å². The van der Waals surface area contributed by atoms with E-state index in [-0.39, 0.29) is 11.8 Å². The van der Waals surface area contributed by atoms with Gasteiger partial charge in [0.25, 0.3) is 0 Å². The van der Waals surface area contributed by atoms with Gasteiger partial charge in [-0.05, 0) is 49.2 Å². The molecule has 2 aromatic rings. The molecule has 1 aliphatic heterocycles. The molecule has 0 bridgehead atoms. The molecule has 142 valence electrons. The lowest BCUT2D eigenvalue weighted by Gasteiger charge is -2.24. The molecule has 0 aromatic heterocycles. The van der Waals surface area contributed by atoms with Gasteiger partial charge in [0, 0.05) is 18.1 Å². The van der Waals surface area contributed by atoms with E-state index in [0.717, 1.165) is 29.1 Å². The van der Waals surface area contributed by atoms with Gasteiger partial charge < -0.3 is 14.5 Å². The number of aryl methyl sites for hydroxylation is 1. The van der Waals surface area contributed by atoms with Crippen molar-refractivity contribution in [2.45, 2.75) is 20.3 Å². The van der Waals surface area contributed by atoms with Crippen molar-refractivity contribution in [1.82, 2.24) is 0 Å². The molecule has 6 heteroatoms. The minimum atomic E-state index is -0.262. The normalized spacial score (nSPS) is 16.7. The fraction of sp³-hybridized carbons (Fsp3) is 0.333. The average Bonchev–Trinajstić information content (AvgIpc) is 2.77. The Hall–Kier alpha value is -2.53. The predicted octanol–water partition coefficient (Wildman–Crippen LogP) is 4.06. The molecule has 2 amide bonds. The number of amides is 2. The van der Waals surface area contributed by atoms with Crippen LogP contribution in [-0.4, -0.2) is 32.0 Å². The third kappa shape index (κ3) is 4.25. The Balaban J connectivity index is 1.69. The number of anilines is 2. The molecule has 0 radical (unpaired) electrons. The highest BCUT2D eigenvalue weighted by Gasteiger charge is 2.30. The zero-order valence-electron chi connectivity index (χ0n) is 15.5. The second-order valence-electron chi connectivity index (χ2n) is 6.75. The Morgan fingerprint density at radius 1 is 1.22 bits per heavy atom. The van der Waals surface area contributed by atoms with Crippen LogP contribution in [0.15, 0.2) is 42.5 Å². The lowest BCUT2D eigenvalue weighted by molar-refractivity contribution is -0.121. The van der Waals surface area contributed by atoms with Crippen LogP contribution in [0.4, 0.5) is 11.4 Å². The molecule has 0 fully saturated rings. The van der Waals surface area contributed by atoms with E-state index in [0.29, 0.717) is 31.1 Å². The van der Waals surface area contributed by atoms with Gasteiger partial charge in [-0.3, -0.25) is 9.59 Å². The number of fused-ring (bicyclic) bond motifs is 1. The maximum atomic E-state index is 12.8. The summed E-state index contributed by atoms with van der Waals surface area (Å²) in [6, 6.07) is 13.1. The molecule has 0 saturated carbocycles. The molecular formula is C21H23ClN2O3. The Labute approximate surface area is 164 Å². The number of nitrogens with zero attached hydrogens (tertiary/aromatic N) is 2. The molecule has 0 saturated heterocycles. The first kappa shape index (κ1) is 19.2. The van der Waals surface area contributed by atoms with Crippen molar-refractivity contribution in [3.05, 3.63) is 53.1 Å². The molecule has 1 unspecified atom stereocenters. The lowest BCUT2D eigenvalue weighted by Crippen LogP contribution is -2.37. The van der Waals surface area contributed by atoms with E-state index in [9.17, 15) is 9.59 Å². The molecule has 0 aliphatic carbocycles. The van der Waals surface area contributed by atoms with Crippen molar-refractivity contribution in [3.8, 4) is 5.75 Å². The summed E-state index contributed by atoms with van der Waals surface area (Å²) < 4.78 is 5.79. The van der Waals surface area contributed by atoms with Gasteiger partial charge in [-0.2, -0.15) is 0 Å². The van der Waals surface area contributed by atoms with E-state index in [1.54, 1.807) is 9.80 Å². The summed E-state index contributed by atoms with van der Waals surface area (Å²) in [4.78, 5) is 27.7. The van der Waals surface area contributed by atoms with Crippen LogP contribution in [0.1, 0.15) is 18.9 Å². The largest absolute Gasteiger partial charge is 0.494 e. The fourth-order valence-corrected chi connectivity index (χ4v) is 3.36. The van der Waals surface area contributed by atoms with Gasteiger partial charge >= 0.3 is 0 Å². The van der Waals surface area contributed by atoms with Crippen LogP contribution in [0.3, 0.4) is 0 Å². The van der Waals surface area contributed by atoms with Crippen molar-refractivity contribution < 1.29 is 14.3 Å². The molecule has 0 N–H and O–H groups in total. The summed E-state index contributed by atoms with van der Waals surface area (Å²) in [5.74, 6) is 0.525. The summed E-state index contributed by atoms with van der Waals surface area (Å²) in [7, 11) is 0. The van der Waals surface area contributed by atoms with Crippen LogP contribution in [0, 0.1) is 12.8 Å². The van der Waals surface area contributed by atoms with Crippen molar-refractivity contribution in [2.24, 2.45) is 5.92 Å². The third-order valence-corrected chi connectivity index (χ3v) is 5.12. The van der Waals surface area contributed by atoms with Crippen molar-refractivity contribution >= 4 is 35.3 Å². The summed E-state index contributed by atoms with van der Waals surface area (Å²) in [5, 5.41) is 0.711. The first-order chi connectivity index (χ1) is 13.0. The van der Waals surface area contributed by atoms with Gasteiger partial charge in [-0.15, -0.1) is 0 Å². The first-order valence-electron chi connectivity index (χ1n) is 9.02. The van der Waals surface area contributed by atoms with E-state index in [4.69, 9.17) is 16.3 Å². The first-order valence-corrected chi connectivity index (χ1v) is 9.40. The Bertz CT molecular complexity index is 840. The second kappa shape index (κ2) is 8.44. The van der Waals surface area contributed by atoms with E-state index < -0.39 is 0 Å². The third-order valence-electron chi connectivity index (χ3n) is 4.69. The average molecular weight is 387 g/mol. The number of carbonyl (C=O) groups excluding carboxylic acids is 2. The number of benzene rings is 2. The van der Waals surface area contributed by atoms with Gasteiger partial charge in [0.2, 0.25) is 12.3 Å². The molecule has 1 atom stereocenters. The summed E-state index contributed by atoms with van der Waals surface area (Å²) >= 11 is 6.03. The second-order valence-corrected chi connectivity index (χ2v) is 7.16. The highest BCUT2D eigenvalue weighted by atomic mass is 35.5. The van der Waals surface area contributed by atoms with Gasteiger partial charge in [0.05, 0.1) is 23.9 Å². The Morgan fingerprint density at radius 2 is 1.96 bits per heavy atom. The molecular weight excluding hydrogens is 364 g/mol. The van der Waals surface area contributed by atoms with Crippen LogP contribution in [0.25, 0.3) is 0 Å². The van der Waals surface area contributed by atoms with Gasteiger partial charge in [0.15, 0.2) is 0 Å². The monoisotopic (exact) mass is 386 g/mol. The van der Waals surface area contributed by atoms with Crippen molar-refractivity contribution in [3.63, 3.8) is 0 Å². The van der Waals surface area contributed by atoms with Crippen LogP contribution < -0.4 is 14.5 Å². The number of rotatable bonds is 6. The smallest absolute Gasteiger partial charge is 0.231 e. The van der Waals surface area contributed by atoms with Gasteiger partial charge in [0.1, 0.15) is 5.75 Å². The highest BCUT2D eigenvalue weighted by Crippen LogP contribution is 2.33. The number of carbonyl (C=O) groups is 2. The van der Waals surface area contributed by atoms with E-state index in [1.165, 1.54) is 0 Å². The van der Waals surface area contributed by atoms with Gasteiger partial charge in [-0.25, -0.2) is 0 Å². The maximum absolute atomic E-state index is 12.8. The molecule has 1 aliphatic rings. The highest BCUT2D eigenvalue weighted by molar-refractivity contribution is 6.31. The minimum Gasteiger partial charge on any atom is -0.494 e. The maximum Gasteiger partial charge on any atom is 0.231 e.